The van der Waals surface area contributed by atoms with E-state index in [9.17, 15) is 4.79 Å². The summed E-state index contributed by atoms with van der Waals surface area (Å²) in [5.41, 5.74) is -0.311. The molecular weight excluding hydrogens is 262 g/mol. The number of amides is 1. The standard InChI is InChI=1S/C10H14BrNOS/c1-10(2,3)9(13)12-5-8-4-7(11)6-14-8/h4,6H,5H2,1-3H3,(H,12,13). The van der Waals surface area contributed by atoms with E-state index in [1.165, 1.54) is 0 Å². The lowest BCUT2D eigenvalue weighted by molar-refractivity contribution is -0.128. The maximum Gasteiger partial charge on any atom is 0.225 e. The Morgan fingerprint density at radius 1 is 1.57 bits per heavy atom. The fraction of sp³-hybridized carbons (Fsp3) is 0.500. The molecule has 1 aromatic heterocycles. The molecule has 1 heterocycles. The molecule has 1 amide bonds. The zero-order chi connectivity index (χ0) is 10.8. The number of rotatable bonds is 2. The summed E-state index contributed by atoms with van der Waals surface area (Å²) in [4.78, 5) is 12.7. The molecule has 0 aliphatic heterocycles. The number of carbonyl (C=O) groups is 1. The first-order valence-electron chi connectivity index (χ1n) is 4.41. The fourth-order valence-electron chi connectivity index (χ4n) is 0.879. The highest BCUT2D eigenvalue weighted by molar-refractivity contribution is 9.10. The molecule has 0 fully saturated rings. The van der Waals surface area contributed by atoms with Crippen LogP contribution in [0.2, 0.25) is 0 Å². The topological polar surface area (TPSA) is 29.1 Å². The van der Waals surface area contributed by atoms with Crippen LogP contribution in [0.4, 0.5) is 0 Å². The van der Waals surface area contributed by atoms with Crippen LogP contribution < -0.4 is 5.32 Å². The smallest absolute Gasteiger partial charge is 0.225 e. The van der Waals surface area contributed by atoms with Gasteiger partial charge in [0.15, 0.2) is 0 Å². The van der Waals surface area contributed by atoms with Crippen molar-refractivity contribution in [3.8, 4) is 0 Å². The van der Waals surface area contributed by atoms with E-state index in [-0.39, 0.29) is 11.3 Å². The molecule has 78 valence electrons. The van der Waals surface area contributed by atoms with Gasteiger partial charge in [-0.1, -0.05) is 20.8 Å². The number of hydrogen-bond acceptors (Lipinski definition) is 2. The maximum absolute atomic E-state index is 11.5. The normalized spacial score (nSPS) is 11.4. The molecule has 0 saturated carbocycles. The van der Waals surface area contributed by atoms with Gasteiger partial charge in [-0.2, -0.15) is 0 Å². The van der Waals surface area contributed by atoms with Crippen molar-refractivity contribution >= 4 is 33.2 Å². The number of hydrogen-bond donors (Lipinski definition) is 1. The van der Waals surface area contributed by atoms with E-state index in [1.807, 2.05) is 32.2 Å². The molecule has 1 aromatic rings. The summed E-state index contributed by atoms with van der Waals surface area (Å²) in [7, 11) is 0. The molecule has 4 heteroatoms. The summed E-state index contributed by atoms with van der Waals surface area (Å²) in [6.45, 7) is 6.35. The third-order valence-electron chi connectivity index (χ3n) is 1.73. The zero-order valence-electron chi connectivity index (χ0n) is 8.56. The lowest BCUT2D eigenvalue weighted by Gasteiger charge is -2.16. The third-order valence-corrected chi connectivity index (χ3v) is 3.42. The molecule has 1 N–H and O–H groups in total. The van der Waals surface area contributed by atoms with Crippen molar-refractivity contribution in [1.82, 2.24) is 5.32 Å². The Hall–Kier alpha value is -0.350. The van der Waals surface area contributed by atoms with Crippen LogP contribution in [0.15, 0.2) is 15.9 Å². The van der Waals surface area contributed by atoms with Gasteiger partial charge in [-0.05, 0) is 22.0 Å². The predicted octanol–water partition coefficient (Wildman–Crippen LogP) is 3.17. The van der Waals surface area contributed by atoms with Gasteiger partial charge in [0.1, 0.15) is 0 Å². The highest BCUT2D eigenvalue weighted by Gasteiger charge is 2.20. The van der Waals surface area contributed by atoms with E-state index >= 15 is 0 Å². The van der Waals surface area contributed by atoms with Crippen molar-refractivity contribution in [2.24, 2.45) is 5.41 Å². The van der Waals surface area contributed by atoms with Crippen molar-refractivity contribution in [1.29, 1.82) is 0 Å². The predicted molar refractivity (Wildman–Crippen MR) is 63.3 cm³/mol. The van der Waals surface area contributed by atoms with Crippen LogP contribution in [0.3, 0.4) is 0 Å². The summed E-state index contributed by atoms with van der Waals surface area (Å²) in [5.74, 6) is 0.0852. The molecule has 0 bridgehead atoms. The van der Waals surface area contributed by atoms with Gasteiger partial charge in [-0.25, -0.2) is 0 Å². The van der Waals surface area contributed by atoms with Gasteiger partial charge in [0, 0.05) is 20.1 Å². The number of carbonyl (C=O) groups excluding carboxylic acids is 1. The molecule has 0 aliphatic rings. The SMILES string of the molecule is CC(C)(C)C(=O)NCc1cc(Br)cs1. The largest absolute Gasteiger partial charge is 0.351 e. The molecule has 2 nitrogen and oxygen atoms in total. The van der Waals surface area contributed by atoms with Crippen LogP contribution in [0.1, 0.15) is 25.6 Å². The number of halogens is 1. The highest BCUT2D eigenvalue weighted by Crippen LogP contribution is 2.20. The van der Waals surface area contributed by atoms with E-state index < -0.39 is 0 Å². The second-order valence-corrected chi connectivity index (χ2v) is 6.08. The third kappa shape index (κ3) is 3.42. The van der Waals surface area contributed by atoms with Crippen LogP contribution in [0.25, 0.3) is 0 Å². The van der Waals surface area contributed by atoms with E-state index in [0.29, 0.717) is 6.54 Å². The average Bonchev–Trinajstić information content (AvgIpc) is 2.45. The molecule has 14 heavy (non-hydrogen) atoms. The van der Waals surface area contributed by atoms with Gasteiger partial charge in [0.05, 0.1) is 6.54 Å². The molecule has 1 rings (SSSR count). The van der Waals surface area contributed by atoms with Gasteiger partial charge in [0.25, 0.3) is 0 Å². The molecule has 0 spiro atoms. The van der Waals surface area contributed by atoms with Crippen LogP contribution in [0, 0.1) is 5.41 Å². The monoisotopic (exact) mass is 275 g/mol. The van der Waals surface area contributed by atoms with Crippen molar-refractivity contribution in [3.63, 3.8) is 0 Å². The average molecular weight is 276 g/mol. The van der Waals surface area contributed by atoms with E-state index in [0.717, 1.165) is 9.35 Å². The molecule has 0 atom stereocenters. The maximum atomic E-state index is 11.5. The van der Waals surface area contributed by atoms with Crippen LogP contribution in [0.5, 0.6) is 0 Å². The van der Waals surface area contributed by atoms with Crippen LogP contribution in [-0.2, 0) is 11.3 Å². The van der Waals surface area contributed by atoms with Crippen LogP contribution >= 0.6 is 27.3 Å². The summed E-state index contributed by atoms with van der Waals surface area (Å²) in [6, 6.07) is 2.02. The Bertz CT molecular complexity index is 327. The minimum Gasteiger partial charge on any atom is -0.351 e. The molecule has 0 aliphatic carbocycles. The zero-order valence-corrected chi connectivity index (χ0v) is 11.0. The summed E-state index contributed by atoms with van der Waals surface area (Å²) in [6.07, 6.45) is 0. The number of nitrogens with one attached hydrogen (secondary N) is 1. The summed E-state index contributed by atoms with van der Waals surface area (Å²) in [5, 5.41) is 4.92. The van der Waals surface area contributed by atoms with Gasteiger partial charge in [0.2, 0.25) is 5.91 Å². The summed E-state index contributed by atoms with van der Waals surface area (Å²) >= 11 is 5.02. The molecule has 0 saturated heterocycles. The van der Waals surface area contributed by atoms with Gasteiger partial charge < -0.3 is 5.32 Å². The minimum absolute atomic E-state index is 0.0852. The Morgan fingerprint density at radius 3 is 2.64 bits per heavy atom. The lowest BCUT2D eigenvalue weighted by Crippen LogP contribution is -2.34. The minimum atomic E-state index is -0.311. The first-order chi connectivity index (χ1) is 6.39. The van der Waals surface area contributed by atoms with E-state index in [1.54, 1.807) is 11.3 Å². The molecule has 0 aromatic carbocycles. The van der Waals surface area contributed by atoms with Crippen molar-refractivity contribution in [3.05, 3.63) is 20.8 Å². The Kier molecular flexibility index (Phi) is 3.72. The molecule has 0 radical (unpaired) electrons. The molecule has 0 unspecified atom stereocenters. The summed E-state index contributed by atoms with van der Waals surface area (Å²) < 4.78 is 1.07. The second-order valence-electron chi connectivity index (χ2n) is 4.16. The van der Waals surface area contributed by atoms with Crippen molar-refractivity contribution in [2.45, 2.75) is 27.3 Å². The van der Waals surface area contributed by atoms with Gasteiger partial charge in [-0.15, -0.1) is 11.3 Å². The Balaban J connectivity index is 2.46. The second kappa shape index (κ2) is 4.45. The highest BCUT2D eigenvalue weighted by atomic mass is 79.9. The van der Waals surface area contributed by atoms with Crippen molar-refractivity contribution < 1.29 is 4.79 Å². The van der Waals surface area contributed by atoms with Gasteiger partial charge >= 0.3 is 0 Å². The first-order valence-corrected chi connectivity index (χ1v) is 6.08. The van der Waals surface area contributed by atoms with Crippen molar-refractivity contribution in [2.75, 3.05) is 0 Å². The lowest BCUT2D eigenvalue weighted by atomic mass is 9.96. The quantitative estimate of drug-likeness (QED) is 0.883. The van der Waals surface area contributed by atoms with E-state index in [4.69, 9.17) is 0 Å². The molecular formula is C10H14BrNOS. The van der Waals surface area contributed by atoms with E-state index in [2.05, 4.69) is 21.2 Å². The Labute approximate surface area is 96.8 Å². The number of thiophene rings is 1. The van der Waals surface area contributed by atoms with Gasteiger partial charge in [-0.3, -0.25) is 4.79 Å². The Morgan fingerprint density at radius 2 is 2.21 bits per heavy atom. The first kappa shape index (κ1) is 11.7. The fourth-order valence-corrected chi connectivity index (χ4v) is 2.27. The van der Waals surface area contributed by atoms with Crippen LogP contribution in [-0.4, -0.2) is 5.91 Å².